The molecule has 0 saturated heterocycles. The van der Waals surface area contributed by atoms with Gasteiger partial charge >= 0.3 is 0 Å². The van der Waals surface area contributed by atoms with Gasteiger partial charge < -0.3 is 5.32 Å². The number of halogens is 1. The second-order valence-electron chi connectivity index (χ2n) is 7.77. The van der Waals surface area contributed by atoms with E-state index in [9.17, 15) is 17.6 Å². The van der Waals surface area contributed by atoms with Crippen LogP contribution in [-0.2, 0) is 15.4 Å². The molecule has 30 heavy (non-hydrogen) atoms. The van der Waals surface area contributed by atoms with Gasteiger partial charge in [-0.3, -0.25) is 4.79 Å². The Balaban J connectivity index is 1.83. The van der Waals surface area contributed by atoms with E-state index in [2.05, 4.69) is 17.4 Å². The highest BCUT2D eigenvalue weighted by molar-refractivity contribution is 7.89. The van der Waals surface area contributed by atoms with Crippen LogP contribution in [-0.4, -0.2) is 38.3 Å². The minimum Gasteiger partial charge on any atom is -0.351 e. The SMILES string of the molecule is CCN(CC)S(=O)(=O)c1ccc(F)c(C(=O)NCC2(c3ccccc3)CCCC2)c1. The Morgan fingerprint density at radius 2 is 1.70 bits per heavy atom. The van der Waals surface area contributed by atoms with Gasteiger partial charge in [0, 0.05) is 25.0 Å². The van der Waals surface area contributed by atoms with E-state index in [4.69, 9.17) is 0 Å². The number of amides is 1. The first-order valence-electron chi connectivity index (χ1n) is 10.5. The standard InChI is InChI=1S/C23H29FN2O3S/c1-3-26(4-2)30(28,29)19-12-13-21(24)20(16-19)22(27)25-17-23(14-8-9-15-23)18-10-6-5-7-11-18/h5-7,10-13,16H,3-4,8-9,14-15,17H2,1-2H3,(H,25,27). The Bertz CT molecular complexity index is 983. The molecule has 0 radical (unpaired) electrons. The van der Waals surface area contributed by atoms with Crippen molar-refractivity contribution in [3.05, 3.63) is 65.5 Å². The zero-order valence-electron chi connectivity index (χ0n) is 17.5. The number of benzene rings is 2. The molecule has 5 nitrogen and oxygen atoms in total. The normalized spacial score (nSPS) is 16.0. The number of nitrogens with zero attached hydrogens (tertiary/aromatic N) is 1. The molecule has 2 aromatic carbocycles. The predicted octanol–water partition coefficient (Wildman–Crippen LogP) is 4.10. The van der Waals surface area contributed by atoms with Crippen LogP contribution in [0.5, 0.6) is 0 Å². The summed E-state index contributed by atoms with van der Waals surface area (Å²) in [5.74, 6) is -1.32. The Kier molecular flexibility index (Phi) is 6.93. The summed E-state index contributed by atoms with van der Waals surface area (Å²) in [6.07, 6.45) is 4.07. The van der Waals surface area contributed by atoms with E-state index in [0.717, 1.165) is 37.8 Å². The van der Waals surface area contributed by atoms with Gasteiger partial charge in [-0.25, -0.2) is 12.8 Å². The molecule has 2 aromatic rings. The number of rotatable bonds is 8. The maximum absolute atomic E-state index is 14.4. The molecule has 0 aliphatic heterocycles. The summed E-state index contributed by atoms with van der Waals surface area (Å²) in [5, 5.41) is 2.87. The fourth-order valence-corrected chi connectivity index (χ4v) is 5.79. The lowest BCUT2D eigenvalue weighted by Crippen LogP contribution is -2.39. The van der Waals surface area contributed by atoms with Gasteiger partial charge in [0.25, 0.3) is 5.91 Å². The maximum atomic E-state index is 14.4. The summed E-state index contributed by atoms with van der Waals surface area (Å²) in [6, 6.07) is 13.5. The Hall–Kier alpha value is -2.25. The monoisotopic (exact) mass is 432 g/mol. The lowest BCUT2D eigenvalue weighted by Gasteiger charge is -2.30. The molecule has 7 heteroatoms. The minimum atomic E-state index is -3.77. The van der Waals surface area contributed by atoms with E-state index >= 15 is 0 Å². The van der Waals surface area contributed by atoms with Crippen molar-refractivity contribution in [3.63, 3.8) is 0 Å². The van der Waals surface area contributed by atoms with E-state index in [1.165, 1.54) is 15.9 Å². The summed E-state index contributed by atoms with van der Waals surface area (Å²) in [6.45, 7) is 4.47. The van der Waals surface area contributed by atoms with Crippen molar-refractivity contribution < 1.29 is 17.6 Å². The van der Waals surface area contributed by atoms with Crippen LogP contribution in [0.1, 0.15) is 55.5 Å². The lowest BCUT2D eigenvalue weighted by molar-refractivity contribution is 0.0939. The molecule has 1 amide bonds. The van der Waals surface area contributed by atoms with E-state index in [1.807, 2.05) is 18.2 Å². The van der Waals surface area contributed by atoms with Gasteiger partial charge in [-0.15, -0.1) is 0 Å². The molecule has 1 fully saturated rings. The lowest BCUT2D eigenvalue weighted by atomic mass is 9.79. The minimum absolute atomic E-state index is 0.0728. The predicted molar refractivity (Wildman–Crippen MR) is 115 cm³/mol. The molecule has 162 valence electrons. The quantitative estimate of drug-likeness (QED) is 0.683. The fourth-order valence-electron chi connectivity index (χ4n) is 4.31. The van der Waals surface area contributed by atoms with Crippen LogP contribution in [0.15, 0.2) is 53.4 Å². The Morgan fingerprint density at radius 1 is 1.07 bits per heavy atom. The smallest absolute Gasteiger partial charge is 0.254 e. The van der Waals surface area contributed by atoms with E-state index in [1.54, 1.807) is 13.8 Å². The van der Waals surface area contributed by atoms with E-state index in [0.29, 0.717) is 19.6 Å². The molecule has 0 atom stereocenters. The average Bonchev–Trinajstić information content (AvgIpc) is 3.24. The summed E-state index contributed by atoms with van der Waals surface area (Å²) in [5.41, 5.74) is 0.753. The van der Waals surface area contributed by atoms with Crippen LogP contribution in [0.3, 0.4) is 0 Å². The van der Waals surface area contributed by atoms with Gasteiger partial charge in [0.15, 0.2) is 0 Å². The Labute approximate surface area is 178 Å². The number of hydrogen-bond donors (Lipinski definition) is 1. The number of hydrogen-bond acceptors (Lipinski definition) is 3. The van der Waals surface area contributed by atoms with Crippen LogP contribution in [0.2, 0.25) is 0 Å². The van der Waals surface area contributed by atoms with Gasteiger partial charge in [0.05, 0.1) is 10.5 Å². The summed E-state index contributed by atoms with van der Waals surface area (Å²) >= 11 is 0. The van der Waals surface area contributed by atoms with Gasteiger partial charge in [-0.2, -0.15) is 4.31 Å². The third kappa shape index (κ3) is 4.42. The first-order valence-corrected chi connectivity index (χ1v) is 11.9. The van der Waals surface area contributed by atoms with Crippen LogP contribution < -0.4 is 5.32 Å². The van der Waals surface area contributed by atoms with Gasteiger partial charge in [-0.05, 0) is 36.6 Å². The molecule has 0 heterocycles. The van der Waals surface area contributed by atoms with Crippen molar-refractivity contribution >= 4 is 15.9 Å². The second-order valence-corrected chi connectivity index (χ2v) is 9.71. The highest BCUT2D eigenvalue weighted by atomic mass is 32.2. The molecular formula is C23H29FN2O3S. The topological polar surface area (TPSA) is 66.5 Å². The highest BCUT2D eigenvalue weighted by Crippen LogP contribution is 2.40. The molecule has 1 saturated carbocycles. The first kappa shape index (κ1) is 22.4. The maximum Gasteiger partial charge on any atom is 0.254 e. The summed E-state index contributed by atoms with van der Waals surface area (Å²) < 4.78 is 41.2. The number of nitrogens with one attached hydrogen (secondary N) is 1. The van der Waals surface area contributed by atoms with Crippen molar-refractivity contribution in [2.75, 3.05) is 19.6 Å². The second kappa shape index (κ2) is 9.27. The van der Waals surface area contributed by atoms with Crippen LogP contribution >= 0.6 is 0 Å². The van der Waals surface area contributed by atoms with Crippen LogP contribution in [0.4, 0.5) is 4.39 Å². The fraction of sp³-hybridized carbons (Fsp3) is 0.435. The van der Waals surface area contributed by atoms with Crippen molar-refractivity contribution in [2.45, 2.75) is 49.8 Å². The van der Waals surface area contributed by atoms with Crippen molar-refractivity contribution in [2.24, 2.45) is 0 Å². The van der Waals surface area contributed by atoms with Gasteiger partial charge in [-0.1, -0.05) is 57.0 Å². The van der Waals surface area contributed by atoms with Crippen molar-refractivity contribution in [1.29, 1.82) is 0 Å². The molecule has 0 spiro atoms. The molecule has 3 rings (SSSR count). The first-order chi connectivity index (χ1) is 14.3. The van der Waals surface area contributed by atoms with Crippen molar-refractivity contribution in [1.82, 2.24) is 9.62 Å². The molecule has 0 aromatic heterocycles. The number of carbonyl (C=O) groups excluding carboxylic acids is 1. The summed E-state index contributed by atoms with van der Waals surface area (Å²) in [4.78, 5) is 12.8. The van der Waals surface area contributed by atoms with Gasteiger partial charge in [0.1, 0.15) is 5.82 Å². The zero-order valence-corrected chi connectivity index (χ0v) is 18.3. The Morgan fingerprint density at radius 3 is 2.30 bits per heavy atom. The average molecular weight is 433 g/mol. The van der Waals surface area contributed by atoms with E-state index < -0.39 is 21.7 Å². The largest absolute Gasteiger partial charge is 0.351 e. The summed E-state index contributed by atoms with van der Waals surface area (Å²) in [7, 11) is -3.77. The molecule has 1 N–H and O–H groups in total. The third-order valence-corrected chi connectivity index (χ3v) is 8.11. The van der Waals surface area contributed by atoms with Crippen LogP contribution in [0.25, 0.3) is 0 Å². The molecule has 1 aliphatic rings. The number of carbonyl (C=O) groups is 1. The van der Waals surface area contributed by atoms with Crippen LogP contribution in [0, 0.1) is 5.82 Å². The number of sulfonamides is 1. The third-order valence-electron chi connectivity index (χ3n) is 6.06. The molecule has 0 unspecified atom stereocenters. The van der Waals surface area contributed by atoms with E-state index in [-0.39, 0.29) is 15.9 Å². The molecule has 0 bridgehead atoms. The zero-order chi connectivity index (χ0) is 21.8. The van der Waals surface area contributed by atoms with Crippen molar-refractivity contribution in [3.8, 4) is 0 Å². The highest BCUT2D eigenvalue weighted by Gasteiger charge is 2.36. The van der Waals surface area contributed by atoms with Gasteiger partial charge in [0.2, 0.25) is 10.0 Å². The molecular weight excluding hydrogens is 403 g/mol. The molecule has 1 aliphatic carbocycles.